The van der Waals surface area contributed by atoms with Crippen LogP contribution in [0, 0.1) is 0 Å². The second-order valence-electron chi connectivity index (χ2n) is 7.96. The number of carboxylic acid groups (broad SMARTS) is 1. The third-order valence-corrected chi connectivity index (χ3v) is 5.08. The standard InChI is InChI=1S/C26H39N3O4/c1-3-5-6-7-11-16-24(30)29-23(20-21-13-9-8-10-14-21)26(33)28-22(17-18-25(31)32)15-12-19-27-4-2/h8-11,13-14,16-18,22-23,27H,3-7,12,15,19-20H2,1-2H3,(H,28,33)(H,29,30)(H,31,32)/b16-11+,18-17+/t22-,23?/m0/s1. The molecule has 0 fully saturated rings. The SMILES string of the molecule is CCCCC/C=C/C(=O)NC(Cc1ccccc1)C(=O)N[C@H](/C=C/C(=O)O)CCCNCC. The Hall–Kier alpha value is -2.93. The number of aliphatic carboxylic acids is 1. The fraction of sp³-hybridized carbons (Fsp3) is 0.500. The normalized spacial score (nSPS) is 13.2. The van der Waals surface area contributed by atoms with Crippen molar-refractivity contribution in [1.82, 2.24) is 16.0 Å². The number of amides is 2. The number of carbonyl (C=O) groups is 3. The third kappa shape index (κ3) is 14.0. The number of hydrogen-bond donors (Lipinski definition) is 4. The highest BCUT2D eigenvalue weighted by molar-refractivity contribution is 5.93. The van der Waals surface area contributed by atoms with E-state index in [2.05, 4.69) is 22.9 Å². The van der Waals surface area contributed by atoms with Gasteiger partial charge in [-0.25, -0.2) is 4.79 Å². The zero-order chi connectivity index (χ0) is 24.3. The van der Waals surface area contributed by atoms with Crippen LogP contribution in [0.2, 0.25) is 0 Å². The minimum absolute atomic E-state index is 0.313. The highest BCUT2D eigenvalue weighted by atomic mass is 16.4. The summed E-state index contributed by atoms with van der Waals surface area (Å²) in [4.78, 5) is 36.5. The van der Waals surface area contributed by atoms with E-state index >= 15 is 0 Å². The molecule has 0 heterocycles. The molecule has 182 valence electrons. The summed E-state index contributed by atoms with van der Waals surface area (Å²) in [5.41, 5.74) is 0.926. The van der Waals surface area contributed by atoms with Crippen molar-refractivity contribution in [2.45, 2.75) is 70.9 Å². The summed E-state index contributed by atoms with van der Waals surface area (Å²) in [5, 5.41) is 17.9. The lowest BCUT2D eigenvalue weighted by Gasteiger charge is -2.22. The first kappa shape index (κ1) is 28.1. The molecule has 1 rings (SSSR count). The van der Waals surface area contributed by atoms with Gasteiger partial charge in [0.1, 0.15) is 6.04 Å². The van der Waals surface area contributed by atoms with Crippen molar-refractivity contribution in [1.29, 1.82) is 0 Å². The molecule has 0 spiro atoms. The second-order valence-corrected chi connectivity index (χ2v) is 7.96. The molecule has 0 aliphatic heterocycles. The molecule has 0 aliphatic rings. The Labute approximate surface area is 197 Å². The van der Waals surface area contributed by atoms with Gasteiger partial charge in [-0.2, -0.15) is 0 Å². The van der Waals surface area contributed by atoms with Crippen molar-refractivity contribution >= 4 is 17.8 Å². The monoisotopic (exact) mass is 457 g/mol. The number of nitrogens with one attached hydrogen (secondary N) is 3. The van der Waals surface area contributed by atoms with E-state index in [9.17, 15) is 14.4 Å². The number of hydrogen-bond acceptors (Lipinski definition) is 4. The Morgan fingerprint density at radius 2 is 1.76 bits per heavy atom. The smallest absolute Gasteiger partial charge is 0.328 e. The number of benzene rings is 1. The highest BCUT2D eigenvalue weighted by Gasteiger charge is 2.22. The van der Waals surface area contributed by atoms with Crippen molar-refractivity contribution in [3.63, 3.8) is 0 Å². The van der Waals surface area contributed by atoms with E-state index in [1.54, 1.807) is 0 Å². The predicted octanol–water partition coefficient (Wildman–Crippen LogP) is 3.37. The first-order chi connectivity index (χ1) is 16.0. The topological polar surface area (TPSA) is 108 Å². The molecule has 2 amide bonds. The Bertz CT molecular complexity index is 762. The van der Waals surface area contributed by atoms with Crippen LogP contribution < -0.4 is 16.0 Å². The summed E-state index contributed by atoms with van der Waals surface area (Å²) < 4.78 is 0. The summed E-state index contributed by atoms with van der Waals surface area (Å²) in [6.07, 6.45) is 11.6. The maximum Gasteiger partial charge on any atom is 0.328 e. The van der Waals surface area contributed by atoms with Gasteiger partial charge in [0, 0.05) is 18.5 Å². The molecule has 33 heavy (non-hydrogen) atoms. The molecule has 0 radical (unpaired) electrons. The number of carboxylic acids is 1. The molecule has 0 aromatic heterocycles. The Balaban J connectivity index is 2.85. The van der Waals surface area contributed by atoms with Crippen LogP contribution in [-0.2, 0) is 20.8 Å². The van der Waals surface area contributed by atoms with Gasteiger partial charge in [0.15, 0.2) is 0 Å². The van der Waals surface area contributed by atoms with Gasteiger partial charge in [0.05, 0.1) is 0 Å². The summed E-state index contributed by atoms with van der Waals surface area (Å²) in [5.74, 6) is -1.72. The maximum absolute atomic E-state index is 13.1. The molecular weight excluding hydrogens is 418 g/mol. The number of allylic oxidation sites excluding steroid dienone is 1. The maximum atomic E-state index is 13.1. The largest absolute Gasteiger partial charge is 0.478 e. The van der Waals surface area contributed by atoms with Crippen LogP contribution in [0.15, 0.2) is 54.6 Å². The van der Waals surface area contributed by atoms with Crippen molar-refractivity contribution in [2.75, 3.05) is 13.1 Å². The lowest BCUT2D eigenvalue weighted by atomic mass is 10.0. The quantitative estimate of drug-likeness (QED) is 0.212. The molecular formula is C26H39N3O4. The predicted molar refractivity (Wildman–Crippen MR) is 132 cm³/mol. The Morgan fingerprint density at radius 3 is 2.42 bits per heavy atom. The first-order valence-electron chi connectivity index (χ1n) is 11.9. The van der Waals surface area contributed by atoms with Crippen molar-refractivity contribution in [3.05, 3.63) is 60.2 Å². The molecule has 4 N–H and O–H groups in total. The van der Waals surface area contributed by atoms with Gasteiger partial charge in [-0.3, -0.25) is 9.59 Å². The average Bonchev–Trinajstić information content (AvgIpc) is 2.80. The van der Waals surface area contributed by atoms with Crippen LogP contribution in [-0.4, -0.2) is 48.1 Å². The van der Waals surface area contributed by atoms with Crippen LogP contribution in [0.4, 0.5) is 0 Å². The van der Waals surface area contributed by atoms with Crippen LogP contribution in [0.3, 0.4) is 0 Å². The minimum Gasteiger partial charge on any atom is -0.478 e. The van der Waals surface area contributed by atoms with E-state index in [-0.39, 0.29) is 11.8 Å². The van der Waals surface area contributed by atoms with Crippen LogP contribution >= 0.6 is 0 Å². The molecule has 7 nitrogen and oxygen atoms in total. The van der Waals surface area contributed by atoms with Crippen LogP contribution in [0.1, 0.15) is 57.9 Å². The summed E-state index contributed by atoms with van der Waals surface area (Å²) in [7, 11) is 0. The lowest BCUT2D eigenvalue weighted by Crippen LogP contribution is -2.50. The molecule has 0 saturated carbocycles. The fourth-order valence-electron chi connectivity index (χ4n) is 3.30. The van der Waals surface area contributed by atoms with E-state index in [4.69, 9.17) is 5.11 Å². The summed E-state index contributed by atoms with van der Waals surface area (Å²) >= 11 is 0. The van der Waals surface area contributed by atoms with Gasteiger partial charge in [0.2, 0.25) is 11.8 Å². The Kier molecular flexibility index (Phi) is 15.0. The lowest BCUT2D eigenvalue weighted by molar-refractivity contribution is -0.131. The van der Waals surface area contributed by atoms with E-state index in [1.807, 2.05) is 43.3 Å². The van der Waals surface area contributed by atoms with Crippen LogP contribution in [0.25, 0.3) is 0 Å². The zero-order valence-corrected chi connectivity index (χ0v) is 19.9. The van der Waals surface area contributed by atoms with Gasteiger partial charge < -0.3 is 21.1 Å². The number of unbranched alkanes of at least 4 members (excludes halogenated alkanes) is 3. The van der Waals surface area contributed by atoms with E-state index in [0.717, 1.165) is 56.8 Å². The van der Waals surface area contributed by atoms with Crippen molar-refractivity contribution < 1.29 is 19.5 Å². The van der Waals surface area contributed by atoms with E-state index in [1.165, 1.54) is 12.2 Å². The van der Waals surface area contributed by atoms with Gasteiger partial charge in [0.25, 0.3) is 0 Å². The second kappa shape index (κ2) is 17.6. The average molecular weight is 458 g/mol. The number of rotatable bonds is 17. The summed E-state index contributed by atoms with van der Waals surface area (Å²) in [6, 6.07) is 8.28. The molecule has 0 bridgehead atoms. The molecule has 0 aliphatic carbocycles. The van der Waals surface area contributed by atoms with Crippen molar-refractivity contribution in [2.24, 2.45) is 0 Å². The summed E-state index contributed by atoms with van der Waals surface area (Å²) in [6.45, 7) is 5.76. The third-order valence-electron chi connectivity index (χ3n) is 5.08. The Morgan fingerprint density at radius 1 is 1.00 bits per heavy atom. The van der Waals surface area contributed by atoms with Crippen LogP contribution in [0.5, 0.6) is 0 Å². The molecule has 2 atom stereocenters. The van der Waals surface area contributed by atoms with Crippen molar-refractivity contribution in [3.8, 4) is 0 Å². The first-order valence-corrected chi connectivity index (χ1v) is 11.9. The van der Waals surface area contributed by atoms with Gasteiger partial charge >= 0.3 is 5.97 Å². The molecule has 7 heteroatoms. The molecule has 1 aromatic rings. The zero-order valence-electron chi connectivity index (χ0n) is 19.9. The minimum atomic E-state index is -1.07. The molecule has 1 unspecified atom stereocenters. The van der Waals surface area contributed by atoms with E-state index in [0.29, 0.717) is 12.8 Å². The van der Waals surface area contributed by atoms with Gasteiger partial charge in [-0.1, -0.05) is 69.2 Å². The highest BCUT2D eigenvalue weighted by Crippen LogP contribution is 2.06. The van der Waals surface area contributed by atoms with Gasteiger partial charge in [-0.05, 0) is 50.4 Å². The number of carbonyl (C=O) groups excluding carboxylic acids is 2. The molecule has 1 aromatic carbocycles. The van der Waals surface area contributed by atoms with Gasteiger partial charge in [-0.15, -0.1) is 0 Å². The fourth-order valence-corrected chi connectivity index (χ4v) is 3.30. The van der Waals surface area contributed by atoms with E-state index < -0.39 is 18.1 Å². The molecule has 0 saturated heterocycles.